The number of ether oxygens (including phenoxy) is 1. The summed E-state index contributed by atoms with van der Waals surface area (Å²) in [6, 6.07) is 16.1. The van der Waals surface area contributed by atoms with Gasteiger partial charge in [0.2, 0.25) is 5.06 Å². The number of anilines is 1. The van der Waals surface area contributed by atoms with Crippen molar-refractivity contribution in [3.8, 4) is 15.5 Å². The number of amides is 1. The number of rotatable bonds is 5. The molecule has 8 heteroatoms. The molecule has 1 N–H and O–H groups in total. The van der Waals surface area contributed by atoms with E-state index in [9.17, 15) is 14.7 Å². The number of benzene rings is 2. The molecular formula is C24H21Cl2NO4S. The molecular weight excluding hydrogens is 469 g/mol. The zero-order valence-electron chi connectivity index (χ0n) is 17.1. The van der Waals surface area contributed by atoms with Crippen molar-refractivity contribution in [1.82, 2.24) is 0 Å². The number of hydrogen-bond acceptors (Lipinski definition) is 4. The average molecular weight is 490 g/mol. The van der Waals surface area contributed by atoms with Crippen LogP contribution in [-0.2, 0) is 0 Å². The molecule has 1 aromatic heterocycles. The molecule has 1 aliphatic rings. The molecule has 0 atom stereocenters. The summed E-state index contributed by atoms with van der Waals surface area (Å²) in [5.74, 6) is -0.300. The third kappa shape index (κ3) is 4.93. The van der Waals surface area contributed by atoms with Crippen LogP contribution >= 0.6 is 34.5 Å². The standard InChI is InChI=1S/C24H21Cl2NO4S/c25-16-11-12-18(19(26)13-16)22(28)27(17-9-5-2-6-10-17)20-14-21(15-7-3-1-4-8-15)32-23(20)31-24(29)30/h1,3-4,7-8,11-14,17H,2,5-6,9-10H2,(H,29,30). The van der Waals surface area contributed by atoms with Gasteiger partial charge in [0.05, 0.1) is 16.3 Å². The number of thiophene rings is 1. The van der Waals surface area contributed by atoms with Gasteiger partial charge < -0.3 is 14.7 Å². The SMILES string of the molecule is O=C(O)Oc1sc(-c2ccccc2)cc1N(C(=O)c1ccc(Cl)cc1Cl)C1CCCCC1. The highest BCUT2D eigenvalue weighted by Gasteiger charge is 2.33. The maximum absolute atomic E-state index is 13.8. The Morgan fingerprint density at radius 2 is 1.72 bits per heavy atom. The molecule has 0 unspecified atom stereocenters. The monoisotopic (exact) mass is 489 g/mol. The topological polar surface area (TPSA) is 66.8 Å². The Balaban J connectivity index is 1.83. The fraction of sp³-hybridized carbons (Fsp3) is 0.250. The van der Waals surface area contributed by atoms with Gasteiger partial charge in [0.1, 0.15) is 0 Å². The lowest BCUT2D eigenvalue weighted by Crippen LogP contribution is -2.42. The van der Waals surface area contributed by atoms with Crippen molar-refractivity contribution in [3.63, 3.8) is 0 Å². The summed E-state index contributed by atoms with van der Waals surface area (Å²) in [4.78, 5) is 27.7. The molecule has 1 aliphatic carbocycles. The van der Waals surface area contributed by atoms with Crippen molar-refractivity contribution in [3.05, 3.63) is 70.2 Å². The molecule has 0 spiro atoms. The molecule has 1 heterocycles. The lowest BCUT2D eigenvalue weighted by atomic mass is 9.93. The lowest BCUT2D eigenvalue weighted by Gasteiger charge is -2.34. The molecule has 0 bridgehead atoms. The molecule has 0 aliphatic heterocycles. The van der Waals surface area contributed by atoms with Crippen molar-refractivity contribution in [2.24, 2.45) is 0 Å². The van der Waals surface area contributed by atoms with Crippen molar-refractivity contribution >= 4 is 52.3 Å². The minimum atomic E-state index is -1.42. The molecule has 32 heavy (non-hydrogen) atoms. The molecule has 1 saturated carbocycles. The van der Waals surface area contributed by atoms with Gasteiger partial charge in [-0.1, -0.05) is 84.1 Å². The number of hydrogen-bond donors (Lipinski definition) is 1. The van der Waals surface area contributed by atoms with E-state index in [0.29, 0.717) is 16.3 Å². The molecule has 1 fully saturated rings. The van der Waals surface area contributed by atoms with Crippen molar-refractivity contribution in [2.45, 2.75) is 38.1 Å². The summed E-state index contributed by atoms with van der Waals surface area (Å²) in [6.45, 7) is 0. The minimum absolute atomic E-state index is 0.0858. The van der Waals surface area contributed by atoms with E-state index in [2.05, 4.69) is 0 Å². The smallest absolute Gasteiger partial charge is 0.449 e. The Morgan fingerprint density at radius 3 is 2.38 bits per heavy atom. The van der Waals surface area contributed by atoms with Crippen LogP contribution in [0, 0.1) is 0 Å². The number of carbonyl (C=O) groups is 2. The maximum Gasteiger partial charge on any atom is 0.512 e. The number of carboxylic acid groups (broad SMARTS) is 1. The van der Waals surface area contributed by atoms with Crippen LogP contribution in [0.3, 0.4) is 0 Å². The Bertz CT molecular complexity index is 1130. The zero-order valence-corrected chi connectivity index (χ0v) is 19.4. The van der Waals surface area contributed by atoms with Crippen LogP contribution in [0.15, 0.2) is 54.6 Å². The highest BCUT2D eigenvalue weighted by molar-refractivity contribution is 7.18. The largest absolute Gasteiger partial charge is 0.512 e. The third-order valence-electron chi connectivity index (χ3n) is 5.50. The highest BCUT2D eigenvalue weighted by atomic mass is 35.5. The van der Waals surface area contributed by atoms with E-state index >= 15 is 0 Å². The van der Waals surface area contributed by atoms with Crippen LogP contribution in [0.1, 0.15) is 42.5 Å². The number of carbonyl (C=O) groups excluding carboxylic acids is 1. The normalized spacial score (nSPS) is 14.2. The Hall–Kier alpha value is -2.54. The van der Waals surface area contributed by atoms with Crippen molar-refractivity contribution in [2.75, 3.05) is 4.90 Å². The fourth-order valence-corrected chi connectivity index (χ4v) is 5.52. The van der Waals surface area contributed by atoms with Gasteiger partial charge in [-0.3, -0.25) is 4.79 Å². The van der Waals surface area contributed by atoms with Crippen LogP contribution in [0.4, 0.5) is 10.5 Å². The number of nitrogens with zero attached hydrogens (tertiary/aromatic N) is 1. The molecule has 5 nitrogen and oxygen atoms in total. The molecule has 0 radical (unpaired) electrons. The van der Waals surface area contributed by atoms with E-state index in [1.165, 1.54) is 17.4 Å². The van der Waals surface area contributed by atoms with Gasteiger partial charge >= 0.3 is 6.16 Å². The lowest BCUT2D eigenvalue weighted by molar-refractivity contribution is 0.0968. The van der Waals surface area contributed by atoms with Crippen LogP contribution in [-0.4, -0.2) is 23.2 Å². The van der Waals surface area contributed by atoms with Crippen LogP contribution in [0.25, 0.3) is 10.4 Å². The second-order valence-corrected chi connectivity index (χ2v) is 9.47. The predicted octanol–water partition coefficient (Wildman–Crippen LogP) is 7.76. The summed E-state index contributed by atoms with van der Waals surface area (Å²) in [7, 11) is 0. The summed E-state index contributed by atoms with van der Waals surface area (Å²) in [5.41, 5.74) is 1.68. The van der Waals surface area contributed by atoms with E-state index < -0.39 is 6.16 Å². The molecule has 0 saturated heterocycles. The minimum Gasteiger partial charge on any atom is -0.449 e. The first-order chi connectivity index (χ1) is 15.4. The van der Waals surface area contributed by atoms with Crippen LogP contribution < -0.4 is 9.64 Å². The Labute approximate surface area is 200 Å². The second kappa shape index (κ2) is 9.94. The van der Waals surface area contributed by atoms with Gasteiger partial charge in [0.25, 0.3) is 5.91 Å². The van der Waals surface area contributed by atoms with Gasteiger partial charge in [0, 0.05) is 15.9 Å². The average Bonchev–Trinajstić information content (AvgIpc) is 3.18. The molecule has 166 valence electrons. The third-order valence-corrected chi connectivity index (χ3v) is 7.10. The van der Waals surface area contributed by atoms with Gasteiger partial charge in [0.15, 0.2) is 0 Å². The van der Waals surface area contributed by atoms with E-state index in [0.717, 1.165) is 42.5 Å². The maximum atomic E-state index is 13.8. The van der Waals surface area contributed by atoms with Crippen molar-refractivity contribution < 1.29 is 19.4 Å². The summed E-state index contributed by atoms with van der Waals surface area (Å²) in [5, 5.41) is 10.2. The molecule has 3 aromatic rings. The summed E-state index contributed by atoms with van der Waals surface area (Å²) >= 11 is 13.6. The molecule has 4 rings (SSSR count). The van der Waals surface area contributed by atoms with Gasteiger partial charge in [-0.25, -0.2) is 4.79 Å². The van der Waals surface area contributed by atoms with Crippen molar-refractivity contribution in [1.29, 1.82) is 0 Å². The van der Waals surface area contributed by atoms with E-state index in [1.54, 1.807) is 17.0 Å². The molecule has 1 amide bonds. The number of halogens is 2. The van der Waals surface area contributed by atoms with Crippen LogP contribution in [0.2, 0.25) is 10.0 Å². The molecule has 2 aromatic carbocycles. The second-order valence-electron chi connectivity index (χ2n) is 7.61. The van der Waals surface area contributed by atoms with E-state index in [4.69, 9.17) is 27.9 Å². The van der Waals surface area contributed by atoms with Crippen LogP contribution in [0.5, 0.6) is 5.06 Å². The highest BCUT2D eigenvalue weighted by Crippen LogP contribution is 2.45. The first kappa shape index (κ1) is 22.6. The first-order valence-corrected chi connectivity index (χ1v) is 11.9. The van der Waals surface area contributed by atoms with Gasteiger partial charge in [-0.05, 0) is 42.7 Å². The Kier molecular flexibility index (Phi) is 7.04. The van der Waals surface area contributed by atoms with E-state index in [-0.39, 0.29) is 22.0 Å². The van der Waals surface area contributed by atoms with Gasteiger partial charge in [-0.2, -0.15) is 0 Å². The summed E-state index contributed by atoms with van der Waals surface area (Å²) < 4.78 is 5.14. The predicted molar refractivity (Wildman–Crippen MR) is 129 cm³/mol. The zero-order chi connectivity index (χ0) is 22.7. The Morgan fingerprint density at radius 1 is 1.00 bits per heavy atom. The fourth-order valence-electron chi connectivity index (χ4n) is 4.03. The quantitative estimate of drug-likeness (QED) is 0.371. The first-order valence-electron chi connectivity index (χ1n) is 10.3. The van der Waals surface area contributed by atoms with Gasteiger partial charge in [-0.15, -0.1) is 0 Å². The van der Waals surface area contributed by atoms with E-state index in [1.807, 2.05) is 36.4 Å². The summed E-state index contributed by atoms with van der Waals surface area (Å²) in [6.07, 6.45) is 3.31.